The zero-order valence-corrected chi connectivity index (χ0v) is 13.9. The van der Waals surface area contributed by atoms with Crippen molar-refractivity contribution < 1.29 is 9.53 Å². The molecule has 122 valence electrons. The van der Waals surface area contributed by atoms with Crippen molar-refractivity contribution in [1.29, 1.82) is 0 Å². The highest BCUT2D eigenvalue weighted by Crippen LogP contribution is 2.37. The fraction of sp³-hybridized carbons (Fsp3) is 0.588. The Morgan fingerprint density at radius 2 is 1.86 bits per heavy atom. The number of aryl methyl sites for hydroxylation is 1. The molecule has 1 saturated heterocycles. The first-order chi connectivity index (χ1) is 10.1. The minimum atomic E-state index is -0.599. The second-order valence-electron chi connectivity index (χ2n) is 6.55. The van der Waals surface area contributed by atoms with Gasteiger partial charge in [0.2, 0.25) is 5.91 Å². The van der Waals surface area contributed by atoms with E-state index in [0.29, 0.717) is 6.54 Å². The van der Waals surface area contributed by atoms with Crippen LogP contribution in [0.5, 0.6) is 0 Å². The zero-order chi connectivity index (χ0) is 14.9. The highest BCUT2D eigenvalue weighted by molar-refractivity contribution is 5.89. The summed E-state index contributed by atoms with van der Waals surface area (Å²) in [4.78, 5) is 12.2. The Bertz CT molecular complexity index is 537. The van der Waals surface area contributed by atoms with Gasteiger partial charge in [-0.2, -0.15) is 0 Å². The second-order valence-corrected chi connectivity index (χ2v) is 6.55. The molecule has 3 rings (SSSR count). The van der Waals surface area contributed by atoms with Crippen molar-refractivity contribution in [1.82, 2.24) is 5.32 Å². The van der Waals surface area contributed by atoms with Gasteiger partial charge >= 0.3 is 0 Å². The van der Waals surface area contributed by atoms with E-state index in [1.54, 1.807) is 0 Å². The van der Waals surface area contributed by atoms with Gasteiger partial charge in [-0.25, -0.2) is 0 Å². The van der Waals surface area contributed by atoms with E-state index in [4.69, 9.17) is 10.5 Å². The molecule has 0 unspecified atom stereocenters. The Labute approximate surface area is 138 Å². The van der Waals surface area contributed by atoms with Crippen molar-refractivity contribution in [2.24, 2.45) is 5.73 Å². The van der Waals surface area contributed by atoms with Crippen molar-refractivity contribution in [2.75, 3.05) is 19.8 Å². The number of amides is 1. The highest BCUT2D eigenvalue weighted by atomic mass is 35.5. The molecule has 1 aromatic carbocycles. The molecule has 1 aliphatic carbocycles. The van der Waals surface area contributed by atoms with Crippen LogP contribution in [0.15, 0.2) is 24.3 Å². The van der Waals surface area contributed by atoms with Gasteiger partial charge in [-0.15, -0.1) is 12.4 Å². The van der Waals surface area contributed by atoms with Gasteiger partial charge in [0.05, 0.1) is 5.54 Å². The minimum absolute atomic E-state index is 0. The summed E-state index contributed by atoms with van der Waals surface area (Å²) in [5.41, 5.74) is 7.97. The van der Waals surface area contributed by atoms with E-state index in [2.05, 4.69) is 36.5 Å². The van der Waals surface area contributed by atoms with Crippen molar-refractivity contribution in [3.8, 4) is 0 Å². The van der Waals surface area contributed by atoms with Crippen LogP contribution >= 0.6 is 12.4 Å². The number of nitrogens with one attached hydrogen (secondary N) is 1. The fourth-order valence-electron chi connectivity index (χ4n) is 3.26. The standard InChI is InChI=1S/C17H24N2O2.ClH/c1-13-4-2-3-5-14(13)16(8-10-21-11-9-16)12-19-15(20)17(18)6-7-17;/h2-5H,6-12,18H2,1H3,(H,19,20);1H. The number of carbonyl (C=O) groups excluding carboxylic acids is 1. The summed E-state index contributed by atoms with van der Waals surface area (Å²) in [6.07, 6.45) is 3.49. The van der Waals surface area contributed by atoms with Gasteiger partial charge in [-0.3, -0.25) is 4.79 Å². The molecule has 4 nitrogen and oxygen atoms in total. The smallest absolute Gasteiger partial charge is 0.240 e. The number of halogens is 1. The SMILES string of the molecule is Cc1ccccc1C1(CNC(=O)C2(N)CC2)CCOCC1.Cl. The van der Waals surface area contributed by atoms with Crippen molar-refractivity contribution in [3.63, 3.8) is 0 Å². The molecule has 0 atom stereocenters. The largest absolute Gasteiger partial charge is 0.381 e. The Morgan fingerprint density at radius 3 is 2.45 bits per heavy atom. The topological polar surface area (TPSA) is 64.4 Å². The summed E-state index contributed by atoms with van der Waals surface area (Å²) in [6.45, 7) is 4.29. The van der Waals surface area contributed by atoms with Gasteiger partial charge in [0.15, 0.2) is 0 Å². The van der Waals surface area contributed by atoms with Gasteiger partial charge in [0.25, 0.3) is 0 Å². The maximum atomic E-state index is 12.2. The maximum Gasteiger partial charge on any atom is 0.240 e. The molecule has 1 aromatic rings. The average molecular weight is 325 g/mol. The number of ether oxygens (including phenoxy) is 1. The molecule has 1 amide bonds. The van der Waals surface area contributed by atoms with Crippen LogP contribution in [0, 0.1) is 6.92 Å². The minimum Gasteiger partial charge on any atom is -0.381 e. The average Bonchev–Trinajstić information content (AvgIpc) is 3.25. The lowest BCUT2D eigenvalue weighted by Gasteiger charge is -2.39. The molecule has 0 aromatic heterocycles. The fourth-order valence-corrected chi connectivity index (χ4v) is 3.26. The van der Waals surface area contributed by atoms with Crippen molar-refractivity contribution in [3.05, 3.63) is 35.4 Å². The molecular formula is C17H25ClN2O2. The predicted octanol–water partition coefficient (Wildman–Crippen LogP) is 2.07. The Hall–Kier alpha value is -1.10. The third-order valence-corrected chi connectivity index (χ3v) is 4.99. The normalized spacial score (nSPS) is 21.5. The van der Waals surface area contributed by atoms with E-state index in [1.807, 2.05) is 0 Å². The molecule has 22 heavy (non-hydrogen) atoms. The number of hydrogen-bond acceptors (Lipinski definition) is 3. The molecule has 2 aliphatic rings. The molecule has 0 spiro atoms. The molecular weight excluding hydrogens is 300 g/mol. The Kier molecular flexibility index (Phi) is 5.15. The molecule has 1 saturated carbocycles. The highest BCUT2D eigenvalue weighted by Gasteiger charge is 2.47. The maximum absolute atomic E-state index is 12.2. The van der Waals surface area contributed by atoms with Crippen LogP contribution in [0.25, 0.3) is 0 Å². The Morgan fingerprint density at radius 1 is 1.23 bits per heavy atom. The van der Waals surface area contributed by atoms with Crippen LogP contribution < -0.4 is 11.1 Å². The molecule has 1 heterocycles. The van der Waals surface area contributed by atoms with Crippen molar-refractivity contribution >= 4 is 18.3 Å². The summed E-state index contributed by atoms with van der Waals surface area (Å²) in [6, 6.07) is 8.46. The summed E-state index contributed by atoms with van der Waals surface area (Å²) in [5, 5.41) is 3.10. The number of carbonyl (C=O) groups is 1. The third-order valence-electron chi connectivity index (χ3n) is 4.99. The van der Waals surface area contributed by atoms with Gasteiger partial charge in [0, 0.05) is 25.2 Å². The number of benzene rings is 1. The van der Waals surface area contributed by atoms with Crippen LogP contribution in [-0.2, 0) is 14.9 Å². The van der Waals surface area contributed by atoms with Gasteiger partial charge in [-0.05, 0) is 43.7 Å². The first-order valence-electron chi connectivity index (χ1n) is 7.77. The number of hydrogen-bond donors (Lipinski definition) is 2. The molecule has 0 radical (unpaired) electrons. The number of rotatable bonds is 4. The van der Waals surface area contributed by atoms with Crippen LogP contribution in [0.4, 0.5) is 0 Å². The van der Waals surface area contributed by atoms with E-state index in [9.17, 15) is 4.79 Å². The second kappa shape index (κ2) is 6.57. The van der Waals surface area contributed by atoms with E-state index in [-0.39, 0.29) is 23.7 Å². The number of nitrogens with two attached hydrogens (primary N) is 1. The van der Waals surface area contributed by atoms with E-state index in [0.717, 1.165) is 38.9 Å². The molecule has 1 aliphatic heterocycles. The van der Waals surface area contributed by atoms with Gasteiger partial charge in [0.1, 0.15) is 0 Å². The summed E-state index contributed by atoms with van der Waals surface area (Å²) in [5.74, 6) is 0.00181. The quantitative estimate of drug-likeness (QED) is 0.891. The lowest BCUT2D eigenvalue weighted by molar-refractivity contribution is -0.123. The molecule has 0 bridgehead atoms. The lowest BCUT2D eigenvalue weighted by Crippen LogP contribution is -2.50. The monoisotopic (exact) mass is 324 g/mol. The van der Waals surface area contributed by atoms with Crippen LogP contribution in [0.3, 0.4) is 0 Å². The third kappa shape index (κ3) is 3.29. The van der Waals surface area contributed by atoms with Crippen molar-refractivity contribution in [2.45, 2.75) is 43.6 Å². The van der Waals surface area contributed by atoms with Gasteiger partial charge < -0.3 is 15.8 Å². The van der Waals surface area contributed by atoms with Gasteiger partial charge in [-0.1, -0.05) is 24.3 Å². The first kappa shape index (κ1) is 17.3. The summed E-state index contributed by atoms with van der Waals surface area (Å²) >= 11 is 0. The summed E-state index contributed by atoms with van der Waals surface area (Å²) in [7, 11) is 0. The van der Waals surface area contributed by atoms with Crippen LogP contribution in [0.2, 0.25) is 0 Å². The predicted molar refractivity (Wildman–Crippen MR) is 89.3 cm³/mol. The van der Waals surface area contributed by atoms with E-state index in [1.165, 1.54) is 11.1 Å². The van der Waals surface area contributed by atoms with E-state index < -0.39 is 5.54 Å². The Balaban J connectivity index is 0.00000176. The molecule has 2 fully saturated rings. The lowest BCUT2D eigenvalue weighted by atomic mass is 9.72. The molecule has 5 heteroatoms. The zero-order valence-electron chi connectivity index (χ0n) is 13.1. The summed E-state index contributed by atoms with van der Waals surface area (Å²) < 4.78 is 5.54. The van der Waals surface area contributed by atoms with Crippen LogP contribution in [-0.4, -0.2) is 31.2 Å². The first-order valence-corrected chi connectivity index (χ1v) is 7.77. The molecule has 3 N–H and O–H groups in total. The van der Waals surface area contributed by atoms with E-state index >= 15 is 0 Å². The van der Waals surface area contributed by atoms with Crippen LogP contribution in [0.1, 0.15) is 36.8 Å².